The SMILES string of the molecule is COC(=O)C1=C(CN2CC(F)(F)CC2CC(=O)CS(C)(=O)=O)NC(c2nccs2)=N[C@H]1c1ccc(F)cc1Br. The minimum absolute atomic E-state index is 0.0153. The summed E-state index contributed by atoms with van der Waals surface area (Å²) in [6.45, 7) is -0.936. The molecule has 2 aliphatic heterocycles. The van der Waals surface area contributed by atoms with Crippen LogP contribution >= 0.6 is 27.3 Å². The Hall–Kier alpha value is -2.62. The second kappa shape index (κ2) is 11.5. The molecule has 1 aromatic heterocycles. The van der Waals surface area contributed by atoms with Gasteiger partial charge in [0.05, 0.1) is 19.2 Å². The van der Waals surface area contributed by atoms with Crippen molar-refractivity contribution in [2.24, 2.45) is 4.99 Å². The van der Waals surface area contributed by atoms with Crippen LogP contribution in [-0.2, 0) is 24.2 Å². The van der Waals surface area contributed by atoms with Gasteiger partial charge in [-0.25, -0.2) is 31.4 Å². The van der Waals surface area contributed by atoms with Crippen LogP contribution in [0.2, 0.25) is 0 Å². The van der Waals surface area contributed by atoms with Gasteiger partial charge < -0.3 is 10.1 Å². The van der Waals surface area contributed by atoms with E-state index in [1.165, 1.54) is 41.5 Å². The lowest BCUT2D eigenvalue weighted by atomic mass is 9.95. The molecule has 15 heteroatoms. The largest absolute Gasteiger partial charge is 0.466 e. The Morgan fingerprint density at radius 2 is 2.08 bits per heavy atom. The van der Waals surface area contributed by atoms with E-state index in [0.29, 0.717) is 15.0 Å². The standard InChI is InChI=1S/C24H24BrF3N4O5S2/c1-37-23(34)19-18(10-32-12-24(27,28)9-14(32)8-15(33)11-39(2,35)36)30-21(22-29-5-6-38-22)31-20(19)16-4-3-13(26)7-17(16)25/h3-7,14,20H,8-12H2,1-2H3,(H,30,31)/t14?,20-/m0/s1. The van der Waals surface area contributed by atoms with E-state index < -0.39 is 70.6 Å². The number of amidine groups is 1. The molecule has 0 bridgehead atoms. The molecule has 0 radical (unpaired) electrons. The normalized spacial score (nSPS) is 21.4. The molecule has 9 nitrogen and oxygen atoms in total. The summed E-state index contributed by atoms with van der Waals surface area (Å²) in [5.74, 6) is -5.60. The van der Waals surface area contributed by atoms with Crippen molar-refractivity contribution in [2.45, 2.75) is 30.8 Å². The summed E-state index contributed by atoms with van der Waals surface area (Å²) in [5, 5.41) is 5.22. The fourth-order valence-electron chi connectivity index (χ4n) is 4.64. The summed E-state index contributed by atoms with van der Waals surface area (Å²) in [5.41, 5.74) is 0.638. The fourth-order valence-corrected chi connectivity index (χ4v) is 6.49. The van der Waals surface area contributed by atoms with Crippen LogP contribution in [0.4, 0.5) is 13.2 Å². The highest BCUT2D eigenvalue weighted by Gasteiger charge is 2.46. The average Bonchev–Trinajstić information content (AvgIpc) is 3.45. The minimum atomic E-state index is -3.63. The van der Waals surface area contributed by atoms with E-state index in [1.54, 1.807) is 11.6 Å². The van der Waals surface area contributed by atoms with E-state index in [2.05, 4.69) is 31.2 Å². The number of ether oxygens (including phenoxy) is 1. The third-order valence-electron chi connectivity index (χ3n) is 6.16. The van der Waals surface area contributed by atoms with Gasteiger partial charge in [-0.2, -0.15) is 0 Å². The Labute approximate surface area is 235 Å². The Kier molecular flexibility index (Phi) is 8.64. The maximum atomic E-state index is 14.6. The molecule has 0 aliphatic carbocycles. The summed E-state index contributed by atoms with van der Waals surface area (Å²) in [7, 11) is -2.46. The maximum Gasteiger partial charge on any atom is 0.338 e. The van der Waals surface area contributed by atoms with Crippen LogP contribution in [0.1, 0.15) is 29.5 Å². The number of carbonyl (C=O) groups excluding carboxylic acids is 2. The van der Waals surface area contributed by atoms with Crippen molar-refractivity contribution in [1.29, 1.82) is 0 Å². The molecule has 1 unspecified atom stereocenters. The van der Waals surface area contributed by atoms with Gasteiger partial charge in [0, 0.05) is 53.4 Å². The molecule has 2 aromatic rings. The van der Waals surface area contributed by atoms with E-state index >= 15 is 0 Å². The maximum absolute atomic E-state index is 14.6. The molecule has 2 atom stereocenters. The number of nitrogens with one attached hydrogen (secondary N) is 1. The number of thiazole rings is 1. The number of carbonyl (C=O) groups is 2. The van der Waals surface area contributed by atoms with Crippen molar-refractivity contribution in [1.82, 2.24) is 15.2 Å². The van der Waals surface area contributed by atoms with Crippen LogP contribution in [0.3, 0.4) is 0 Å². The molecule has 0 spiro atoms. The predicted octanol–water partition coefficient (Wildman–Crippen LogP) is 3.28. The molecule has 1 aromatic carbocycles. The van der Waals surface area contributed by atoms with Crippen LogP contribution in [0.15, 0.2) is 50.5 Å². The number of alkyl halides is 2. The third-order valence-corrected chi connectivity index (χ3v) is 8.47. The summed E-state index contributed by atoms with van der Waals surface area (Å²) in [6, 6.07) is 1.90. The zero-order valence-corrected chi connectivity index (χ0v) is 24.0. The highest BCUT2D eigenvalue weighted by atomic mass is 79.9. The number of ketones is 1. The highest BCUT2D eigenvalue weighted by Crippen LogP contribution is 2.39. The third kappa shape index (κ3) is 7.13. The molecule has 1 saturated heterocycles. The molecule has 2 aliphatic rings. The first-order valence-electron chi connectivity index (χ1n) is 11.6. The number of rotatable bonds is 9. The lowest BCUT2D eigenvalue weighted by Crippen LogP contribution is -2.42. The van der Waals surface area contributed by atoms with E-state index in [4.69, 9.17) is 4.74 Å². The second-order valence-corrected chi connectivity index (χ2v) is 13.2. The molecule has 210 valence electrons. The predicted molar refractivity (Wildman–Crippen MR) is 142 cm³/mol. The van der Waals surface area contributed by atoms with Crippen molar-refractivity contribution in [3.8, 4) is 0 Å². The lowest BCUT2D eigenvalue weighted by molar-refractivity contribution is -0.136. The van der Waals surface area contributed by atoms with Gasteiger partial charge in [-0.3, -0.25) is 14.7 Å². The van der Waals surface area contributed by atoms with Crippen molar-refractivity contribution < 1.29 is 35.9 Å². The van der Waals surface area contributed by atoms with E-state index in [-0.39, 0.29) is 23.7 Å². The molecule has 0 amide bonds. The monoisotopic (exact) mass is 648 g/mol. The Bertz CT molecular complexity index is 1450. The number of halogens is 4. The lowest BCUT2D eigenvalue weighted by Gasteiger charge is -2.31. The number of hydrogen-bond donors (Lipinski definition) is 1. The Morgan fingerprint density at radius 1 is 1.33 bits per heavy atom. The van der Waals surface area contributed by atoms with Crippen molar-refractivity contribution in [3.05, 3.63) is 61.9 Å². The van der Waals surface area contributed by atoms with Crippen LogP contribution < -0.4 is 5.32 Å². The molecule has 4 rings (SSSR count). The number of nitrogens with zero attached hydrogens (tertiary/aromatic N) is 3. The molecular weight excluding hydrogens is 625 g/mol. The Morgan fingerprint density at radius 3 is 2.69 bits per heavy atom. The fraction of sp³-hybridized carbons (Fsp3) is 0.417. The molecule has 1 N–H and O–H groups in total. The van der Waals surface area contributed by atoms with Crippen LogP contribution in [-0.4, -0.2) is 80.1 Å². The smallest absolute Gasteiger partial charge is 0.338 e. The zero-order valence-electron chi connectivity index (χ0n) is 20.8. The van der Waals surface area contributed by atoms with Crippen LogP contribution in [0.5, 0.6) is 0 Å². The number of Topliss-reactive ketones (excluding diaryl/α,β-unsaturated/α-hetero) is 1. The molecular formula is C24H24BrF3N4O5S2. The van der Waals surface area contributed by atoms with Gasteiger partial charge in [0.1, 0.15) is 23.4 Å². The number of likely N-dealkylation sites (tertiary alicyclic amines) is 1. The molecule has 3 heterocycles. The number of aromatic nitrogens is 1. The van der Waals surface area contributed by atoms with Crippen LogP contribution in [0.25, 0.3) is 0 Å². The van der Waals surface area contributed by atoms with Gasteiger partial charge in [-0.05, 0) is 17.7 Å². The summed E-state index contributed by atoms with van der Waals surface area (Å²) < 4.78 is 71.5. The van der Waals surface area contributed by atoms with E-state index in [9.17, 15) is 31.2 Å². The summed E-state index contributed by atoms with van der Waals surface area (Å²) in [4.78, 5) is 35.7. The summed E-state index contributed by atoms with van der Waals surface area (Å²) >= 11 is 4.58. The van der Waals surface area contributed by atoms with Gasteiger partial charge in [0.2, 0.25) is 0 Å². The summed E-state index contributed by atoms with van der Waals surface area (Å²) in [6.07, 6.45) is 1.41. The van der Waals surface area contributed by atoms with Crippen molar-refractivity contribution in [2.75, 3.05) is 32.2 Å². The van der Waals surface area contributed by atoms with E-state index in [1.807, 2.05) is 0 Å². The van der Waals surface area contributed by atoms with Gasteiger partial charge in [-0.15, -0.1) is 11.3 Å². The number of sulfone groups is 1. The molecule has 0 saturated carbocycles. The van der Waals surface area contributed by atoms with Crippen molar-refractivity contribution in [3.63, 3.8) is 0 Å². The van der Waals surface area contributed by atoms with Crippen LogP contribution in [0, 0.1) is 5.82 Å². The molecule has 1 fully saturated rings. The van der Waals surface area contributed by atoms with E-state index in [0.717, 1.165) is 6.26 Å². The number of benzene rings is 1. The van der Waals surface area contributed by atoms with Gasteiger partial charge in [0.15, 0.2) is 20.7 Å². The highest BCUT2D eigenvalue weighted by molar-refractivity contribution is 9.10. The number of aliphatic imine (C=N–C) groups is 1. The van der Waals surface area contributed by atoms with Gasteiger partial charge in [0.25, 0.3) is 5.92 Å². The zero-order chi connectivity index (χ0) is 28.5. The first kappa shape index (κ1) is 29.4. The first-order valence-corrected chi connectivity index (χ1v) is 15.3. The average molecular weight is 650 g/mol. The van der Waals surface area contributed by atoms with Crippen molar-refractivity contribution >= 4 is 54.7 Å². The minimum Gasteiger partial charge on any atom is -0.466 e. The second-order valence-electron chi connectivity index (χ2n) is 9.32. The number of hydrogen-bond acceptors (Lipinski definition) is 10. The first-order chi connectivity index (χ1) is 18.3. The topological polar surface area (TPSA) is 118 Å². The number of esters is 1. The Balaban J connectivity index is 1.76. The number of methoxy groups -OCH3 is 1. The molecule has 39 heavy (non-hydrogen) atoms. The van der Waals surface area contributed by atoms with Gasteiger partial charge >= 0.3 is 5.97 Å². The van der Waals surface area contributed by atoms with Gasteiger partial charge in [-0.1, -0.05) is 22.0 Å². The quantitative estimate of drug-likeness (QED) is 0.412.